The van der Waals surface area contributed by atoms with Crippen LogP contribution in [-0.2, 0) is 0 Å². The number of hydrogen-bond acceptors (Lipinski definition) is 5. The maximum atomic E-state index is 12.3. The molecule has 3 N–H and O–H groups in total. The molecular formula is C20H17N3O5. The number of aliphatic imine (C=N–C) groups is 1. The number of hydrogen-bond donors (Lipinski definition) is 3. The highest BCUT2D eigenvalue weighted by Gasteiger charge is 2.16. The van der Waals surface area contributed by atoms with Crippen molar-refractivity contribution in [1.29, 1.82) is 0 Å². The fourth-order valence-electron chi connectivity index (χ4n) is 2.76. The molecule has 0 fully saturated rings. The molecule has 0 spiro atoms. The second-order valence-electron chi connectivity index (χ2n) is 6.13. The quantitative estimate of drug-likeness (QED) is 0.600. The van der Waals surface area contributed by atoms with Crippen LogP contribution in [0.3, 0.4) is 0 Å². The lowest BCUT2D eigenvalue weighted by Crippen LogP contribution is -2.31. The molecule has 1 heterocycles. The first kappa shape index (κ1) is 18.8. The summed E-state index contributed by atoms with van der Waals surface area (Å²) in [6.07, 6.45) is 1.04. The average molecular weight is 379 g/mol. The van der Waals surface area contributed by atoms with Crippen LogP contribution in [0, 0.1) is 13.8 Å². The topological polar surface area (TPSA) is 125 Å². The number of nitrogens with zero attached hydrogens (tertiary/aromatic N) is 2. The largest absolute Gasteiger partial charge is 0.493 e. The number of aromatic hydroxyl groups is 1. The van der Waals surface area contributed by atoms with Gasteiger partial charge in [0.05, 0.1) is 16.9 Å². The SMILES string of the molecule is Cc1cccc(-n2c(O)c(C=Nc3ccccc3C(=O)O)c(=O)[nH]c2=O)c1C. The van der Waals surface area contributed by atoms with Gasteiger partial charge >= 0.3 is 11.7 Å². The predicted octanol–water partition coefficient (Wildman–Crippen LogP) is 2.30. The van der Waals surface area contributed by atoms with Crippen molar-refractivity contribution in [2.75, 3.05) is 0 Å². The third-order valence-corrected chi connectivity index (χ3v) is 4.41. The number of para-hydroxylation sites is 1. The van der Waals surface area contributed by atoms with Crippen molar-refractivity contribution in [2.45, 2.75) is 13.8 Å². The van der Waals surface area contributed by atoms with E-state index in [1.807, 2.05) is 13.0 Å². The molecule has 0 saturated carbocycles. The van der Waals surface area contributed by atoms with Crippen molar-refractivity contribution in [2.24, 2.45) is 4.99 Å². The Hall–Kier alpha value is -3.94. The van der Waals surface area contributed by atoms with Crippen molar-refractivity contribution < 1.29 is 15.0 Å². The molecule has 142 valence electrons. The lowest BCUT2D eigenvalue weighted by molar-refractivity contribution is 0.0698. The Kier molecular flexibility index (Phi) is 4.95. The van der Waals surface area contributed by atoms with Crippen LogP contribution in [-0.4, -0.2) is 31.9 Å². The number of H-pyrrole nitrogens is 1. The second kappa shape index (κ2) is 7.36. The molecule has 8 nitrogen and oxygen atoms in total. The Bertz CT molecular complexity index is 1220. The van der Waals surface area contributed by atoms with Gasteiger partial charge in [0.1, 0.15) is 5.56 Å². The molecule has 28 heavy (non-hydrogen) atoms. The van der Waals surface area contributed by atoms with E-state index in [4.69, 9.17) is 0 Å². The van der Waals surface area contributed by atoms with E-state index in [-0.39, 0.29) is 16.8 Å². The average Bonchev–Trinajstić information content (AvgIpc) is 2.65. The van der Waals surface area contributed by atoms with Gasteiger partial charge in [0, 0.05) is 6.21 Å². The van der Waals surface area contributed by atoms with E-state index >= 15 is 0 Å². The molecular weight excluding hydrogens is 362 g/mol. The number of aromatic amines is 1. The van der Waals surface area contributed by atoms with Crippen molar-refractivity contribution >= 4 is 17.9 Å². The molecule has 0 aliphatic carbocycles. The minimum Gasteiger partial charge on any atom is -0.493 e. The zero-order valence-electron chi connectivity index (χ0n) is 15.1. The zero-order chi connectivity index (χ0) is 20.4. The van der Waals surface area contributed by atoms with Crippen LogP contribution in [0.1, 0.15) is 27.0 Å². The Labute approximate surface area is 159 Å². The molecule has 3 rings (SSSR count). The highest BCUT2D eigenvalue weighted by molar-refractivity contribution is 5.95. The van der Waals surface area contributed by atoms with Crippen LogP contribution < -0.4 is 11.2 Å². The van der Waals surface area contributed by atoms with Crippen LogP contribution in [0.4, 0.5) is 5.69 Å². The second-order valence-corrected chi connectivity index (χ2v) is 6.13. The third kappa shape index (κ3) is 3.35. The normalized spacial score (nSPS) is 11.1. The fourth-order valence-corrected chi connectivity index (χ4v) is 2.76. The van der Waals surface area contributed by atoms with Crippen molar-refractivity contribution in [3.8, 4) is 11.6 Å². The summed E-state index contributed by atoms with van der Waals surface area (Å²) >= 11 is 0. The highest BCUT2D eigenvalue weighted by atomic mass is 16.4. The van der Waals surface area contributed by atoms with Crippen LogP contribution in [0.15, 0.2) is 57.0 Å². The fraction of sp³-hybridized carbons (Fsp3) is 0.100. The lowest BCUT2D eigenvalue weighted by Gasteiger charge is -2.13. The van der Waals surface area contributed by atoms with Gasteiger partial charge in [-0.3, -0.25) is 14.8 Å². The van der Waals surface area contributed by atoms with Crippen molar-refractivity contribution in [1.82, 2.24) is 9.55 Å². The number of benzene rings is 2. The van der Waals surface area contributed by atoms with Gasteiger partial charge in [-0.15, -0.1) is 0 Å². The van der Waals surface area contributed by atoms with E-state index < -0.39 is 23.1 Å². The summed E-state index contributed by atoms with van der Waals surface area (Å²) in [6.45, 7) is 3.65. The van der Waals surface area contributed by atoms with Gasteiger partial charge in [0.15, 0.2) is 0 Å². The molecule has 8 heteroatoms. The Balaban J connectivity index is 2.19. The number of aromatic nitrogens is 2. The van der Waals surface area contributed by atoms with Gasteiger partial charge in [0.25, 0.3) is 5.56 Å². The van der Waals surface area contributed by atoms with E-state index in [0.717, 1.165) is 21.9 Å². The van der Waals surface area contributed by atoms with E-state index in [0.29, 0.717) is 5.69 Å². The summed E-state index contributed by atoms with van der Waals surface area (Å²) in [5.41, 5.74) is 0.238. The Morgan fingerprint density at radius 3 is 2.54 bits per heavy atom. The summed E-state index contributed by atoms with van der Waals surface area (Å²) in [4.78, 5) is 42.0. The van der Waals surface area contributed by atoms with Crippen molar-refractivity contribution in [3.05, 3.63) is 85.6 Å². The number of rotatable bonds is 4. The molecule has 1 aromatic heterocycles. The molecule has 3 aromatic rings. The van der Waals surface area contributed by atoms with Crippen LogP contribution in [0.25, 0.3) is 5.69 Å². The summed E-state index contributed by atoms with van der Waals surface area (Å²) < 4.78 is 0.980. The van der Waals surface area contributed by atoms with Crippen molar-refractivity contribution in [3.63, 3.8) is 0 Å². The first-order chi connectivity index (χ1) is 13.3. The third-order valence-electron chi connectivity index (χ3n) is 4.41. The van der Waals surface area contributed by atoms with Crippen LogP contribution >= 0.6 is 0 Å². The summed E-state index contributed by atoms with van der Waals surface area (Å²) in [5.74, 6) is -1.76. The predicted molar refractivity (Wildman–Crippen MR) is 104 cm³/mol. The lowest BCUT2D eigenvalue weighted by atomic mass is 10.1. The zero-order valence-corrected chi connectivity index (χ0v) is 15.1. The van der Waals surface area contributed by atoms with Crippen LogP contribution in [0.2, 0.25) is 0 Å². The van der Waals surface area contributed by atoms with Crippen LogP contribution in [0.5, 0.6) is 5.88 Å². The Morgan fingerprint density at radius 1 is 1.11 bits per heavy atom. The van der Waals surface area contributed by atoms with Gasteiger partial charge in [-0.25, -0.2) is 14.2 Å². The number of carboxylic acid groups (broad SMARTS) is 1. The molecule has 2 aromatic carbocycles. The molecule has 0 saturated heterocycles. The van der Waals surface area contributed by atoms with Gasteiger partial charge < -0.3 is 10.2 Å². The molecule has 0 bridgehead atoms. The minimum atomic E-state index is -1.17. The number of aryl methyl sites for hydroxylation is 1. The Morgan fingerprint density at radius 2 is 1.82 bits per heavy atom. The molecule has 0 amide bonds. The van der Waals surface area contributed by atoms with E-state index in [9.17, 15) is 24.6 Å². The monoisotopic (exact) mass is 379 g/mol. The number of nitrogens with one attached hydrogen (secondary N) is 1. The first-order valence-corrected chi connectivity index (χ1v) is 8.32. The number of carboxylic acids is 1. The molecule has 0 radical (unpaired) electrons. The molecule has 0 aliphatic rings. The first-order valence-electron chi connectivity index (χ1n) is 8.32. The van der Waals surface area contributed by atoms with Gasteiger partial charge in [-0.1, -0.05) is 24.3 Å². The minimum absolute atomic E-state index is 0.0579. The number of aromatic carboxylic acids is 1. The summed E-state index contributed by atoms with van der Waals surface area (Å²) in [5, 5.41) is 19.8. The van der Waals surface area contributed by atoms with Gasteiger partial charge in [-0.2, -0.15) is 0 Å². The summed E-state index contributed by atoms with van der Waals surface area (Å²) in [7, 11) is 0. The van der Waals surface area contributed by atoms with Gasteiger partial charge in [0.2, 0.25) is 5.88 Å². The molecule has 0 aliphatic heterocycles. The van der Waals surface area contributed by atoms with E-state index in [1.165, 1.54) is 12.1 Å². The molecule has 0 unspecified atom stereocenters. The van der Waals surface area contributed by atoms with E-state index in [2.05, 4.69) is 9.98 Å². The smallest absolute Gasteiger partial charge is 0.337 e. The highest BCUT2D eigenvalue weighted by Crippen LogP contribution is 2.22. The maximum absolute atomic E-state index is 12.3. The van der Waals surface area contributed by atoms with E-state index in [1.54, 1.807) is 31.2 Å². The standard InChI is InChI=1S/C20H17N3O5/c1-11-6-5-9-16(12(11)2)23-18(25)14(17(24)22-20(23)28)10-21-15-8-4-3-7-13(15)19(26)27/h3-10,25H,1-2H3,(H,26,27)(H,22,24,28). The maximum Gasteiger partial charge on any atom is 0.337 e. The molecule has 0 atom stereocenters. The summed E-state index contributed by atoms with van der Waals surface area (Å²) in [6, 6.07) is 11.2. The van der Waals surface area contributed by atoms with Gasteiger partial charge in [-0.05, 0) is 43.2 Å². The number of carbonyl (C=O) groups is 1.